The summed E-state index contributed by atoms with van der Waals surface area (Å²) in [7, 11) is 0. The zero-order valence-electron chi connectivity index (χ0n) is 12.0. The molecule has 1 aliphatic heterocycles. The van der Waals surface area contributed by atoms with Crippen LogP contribution in [0.25, 0.3) is 0 Å². The van der Waals surface area contributed by atoms with Gasteiger partial charge < -0.3 is 20.5 Å². The molecule has 1 fully saturated rings. The number of carbonyl (C=O) groups is 2. The minimum Gasteiger partial charge on any atom is -0.480 e. The van der Waals surface area contributed by atoms with Crippen LogP contribution < -0.4 is 10.6 Å². The van der Waals surface area contributed by atoms with Gasteiger partial charge in [-0.2, -0.15) is 0 Å². The van der Waals surface area contributed by atoms with E-state index in [4.69, 9.17) is 9.84 Å². The molecule has 7 heteroatoms. The SMILES string of the molecule is O=C(C[C@@H](NC[C@H]1CCCO1)C(=O)O)Nc1ccccc1F. The molecule has 0 aliphatic carbocycles. The summed E-state index contributed by atoms with van der Waals surface area (Å²) in [5, 5.41) is 14.3. The van der Waals surface area contributed by atoms with Gasteiger partial charge in [0.05, 0.1) is 18.2 Å². The van der Waals surface area contributed by atoms with Crippen LogP contribution in [0.15, 0.2) is 24.3 Å². The molecule has 22 heavy (non-hydrogen) atoms. The Morgan fingerprint density at radius 3 is 2.82 bits per heavy atom. The highest BCUT2D eigenvalue weighted by Gasteiger charge is 2.24. The Kier molecular flexibility index (Phi) is 5.85. The first-order valence-corrected chi connectivity index (χ1v) is 7.18. The van der Waals surface area contributed by atoms with Crippen LogP contribution in [-0.4, -0.2) is 42.3 Å². The van der Waals surface area contributed by atoms with Gasteiger partial charge in [0.15, 0.2) is 0 Å². The van der Waals surface area contributed by atoms with E-state index in [0.29, 0.717) is 13.2 Å². The van der Waals surface area contributed by atoms with Crippen molar-refractivity contribution in [3.05, 3.63) is 30.1 Å². The number of rotatable bonds is 7. The van der Waals surface area contributed by atoms with E-state index >= 15 is 0 Å². The number of hydrogen-bond donors (Lipinski definition) is 3. The van der Waals surface area contributed by atoms with Crippen LogP contribution in [-0.2, 0) is 14.3 Å². The monoisotopic (exact) mass is 310 g/mol. The molecule has 2 rings (SSSR count). The summed E-state index contributed by atoms with van der Waals surface area (Å²) in [6.45, 7) is 1.06. The maximum absolute atomic E-state index is 13.4. The van der Waals surface area contributed by atoms with Crippen molar-refractivity contribution in [1.29, 1.82) is 0 Å². The third-order valence-corrected chi connectivity index (χ3v) is 3.45. The molecule has 0 spiro atoms. The number of anilines is 1. The Bertz CT molecular complexity index is 532. The molecular weight excluding hydrogens is 291 g/mol. The molecule has 0 aromatic heterocycles. The second kappa shape index (κ2) is 7.86. The fourth-order valence-electron chi connectivity index (χ4n) is 2.28. The normalized spacial score (nSPS) is 18.9. The number of amides is 1. The lowest BCUT2D eigenvalue weighted by molar-refractivity contribution is -0.141. The van der Waals surface area contributed by atoms with Gasteiger partial charge >= 0.3 is 5.97 Å². The number of carboxylic acids is 1. The van der Waals surface area contributed by atoms with Crippen molar-refractivity contribution in [2.45, 2.75) is 31.4 Å². The van der Waals surface area contributed by atoms with Crippen LogP contribution in [0, 0.1) is 5.82 Å². The standard InChI is InChI=1S/C15H19FN2O4/c16-11-5-1-2-6-12(11)18-14(19)8-13(15(20)21)17-9-10-4-3-7-22-10/h1-2,5-6,10,13,17H,3-4,7-9H2,(H,18,19)(H,20,21)/t10-,13-/m1/s1. The van der Waals surface area contributed by atoms with Gasteiger partial charge in [0, 0.05) is 13.2 Å². The number of benzene rings is 1. The number of halogens is 1. The average Bonchev–Trinajstić information content (AvgIpc) is 2.99. The van der Waals surface area contributed by atoms with E-state index < -0.39 is 23.7 Å². The van der Waals surface area contributed by atoms with Crippen molar-refractivity contribution < 1.29 is 23.8 Å². The summed E-state index contributed by atoms with van der Waals surface area (Å²) in [5.74, 6) is -2.24. The number of aliphatic carboxylic acids is 1. The average molecular weight is 310 g/mol. The molecular formula is C15H19FN2O4. The quantitative estimate of drug-likeness (QED) is 0.708. The predicted octanol–water partition coefficient (Wildman–Crippen LogP) is 1.38. The lowest BCUT2D eigenvalue weighted by Gasteiger charge is -2.17. The van der Waals surface area contributed by atoms with Crippen molar-refractivity contribution in [3.8, 4) is 0 Å². The molecule has 120 valence electrons. The molecule has 0 radical (unpaired) electrons. The Hall–Kier alpha value is -1.99. The van der Waals surface area contributed by atoms with E-state index in [2.05, 4.69) is 10.6 Å². The summed E-state index contributed by atoms with van der Waals surface area (Å²) < 4.78 is 18.8. The van der Waals surface area contributed by atoms with Crippen molar-refractivity contribution in [1.82, 2.24) is 5.32 Å². The first-order valence-electron chi connectivity index (χ1n) is 7.18. The third kappa shape index (κ3) is 4.78. The molecule has 0 saturated carbocycles. The molecule has 6 nitrogen and oxygen atoms in total. The first-order chi connectivity index (χ1) is 10.6. The maximum Gasteiger partial charge on any atom is 0.321 e. The van der Waals surface area contributed by atoms with E-state index in [1.54, 1.807) is 6.07 Å². The number of carbonyl (C=O) groups excluding carboxylic acids is 1. The molecule has 0 bridgehead atoms. The summed E-state index contributed by atoms with van der Waals surface area (Å²) in [6, 6.07) is 4.70. The van der Waals surface area contributed by atoms with Gasteiger partial charge in [-0.25, -0.2) is 4.39 Å². The lowest BCUT2D eigenvalue weighted by Crippen LogP contribution is -2.43. The van der Waals surface area contributed by atoms with Gasteiger partial charge in [-0.1, -0.05) is 12.1 Å². The van der Waals surface area contributed by atoms with Crippen LogP contribution in [0.2, 0.25) is 0 Å². The fourth-order valence-corrected chi connectivity index (χ4v) is 2.28. The highest BCUT2D eigenvalue weighted by atomic mass is 19.1. The molecule has 1 aromatic carbocycles. The molecule has 2 atom stereocenters. The minimum absolute atomic E-state index is 0.0171. The molecule has 1 heterocycles. The smallest absolute Gasteiger partial charge is 0.321 e. The predicted molar refractivity (Wildman–Crippen MR) is 78.0 cm³/mol. The van der Waals surface area contributed by atoms with Crippen molar-refractivity contribution in [3.63, 3.8) is 0 Å². The van der Waals surface area contributed by atoms with Gasteiger partial charge in [0.1, 0.15) is 11.9 Å². The Labute approximate surface area is 127 Å². The molecule has 1 amide bonds. The largest absolute Gasteiger partial charge is 0.480 e. The number of hydrogen-bond acceptors (Lipinski definition) is 4. The van der Waals surface area contributed by atoms with E-state index in [1.807, 2.05) is 0 Å². The Balaban J connectivity index is 1.85. The zero-order valence-corrected chi connectivity index (χ0v) is 12.0. The van der Waals surface area contributed by atoms with Gasteiger partial charge in [0.25, 0.3) is 0 Å². The van der Waals surface area contributed by atoms with E-state index in [9.17, 15) is 14.0 Å². The third-order valence-electron chi connectivity index (χ3n) is 3.45. The Morgan fingerprint density at radius 1 is 1.41 bits per heavy atom. The molecule has 3 N–H and O–H groups in total. The zero-order chi connectivity index (χ0) is 15.9. The van der Waals surface area contributed by atoms with Gasteiger partial charge in [-0.3, -0.25) is 9.59 Å². The highest BCUT2D eigenvalue weighted by molar-refractivity contribution is 5.94. The van der Waals surface area contributed by atoms with Gasteiger partial charge in [0.2, 0.25) is 5.91 Å². The maximum atomic E-state index is 13.4. The van der Waals surface area contributed by atoms with Crippen LogP contribution in [0.5, 0.6) is 0 Å². The Morgan fingerprint density at radius 2 is 2.18 bits per heavy atom. The van der Waals surface area contributed by atoms with Crippen LogP contribution in [0.3, 0.4) is 0 Å². The number of nitrogens with one attached hydrogen (secondary N) is 2. The second-order valence-corrected chi connectivity index (χ2v) is 5.17. The topological polar surface area (TPSA) is 87.7 Å². The summed E-state index contributed by atoms with van der Waals surface area (Å²) in [4.78, 5) is 23.1. The summed E-state index contributed by atoms with van der Waals surface area (Å²) >= 11 is 0. The van der Waals surface area contributed by atoms with E-state index in [0.717, 1.165) is 12.8 Å². The highest BCUT2D eigenvalue weighted by Crippen LogP contribution is 2.14. The summed E-state index contributed by atoms with van der Waals surface area (Å²) in [6.07, 6.45) is 1.53. The van der Waals surface area contributed by atoms with Crippen molar-refractivity contribution in [2.75, 3.05) is 18.5 Å². The second-order valence-electron chi connectivity index (χ2n) is 5.17. The van der Waals surface area contributed by atoms with Crippen LogP contribution in [0.1, 0.15) is 19.3 Å². The van der Waals surface area contributed by atoms with E-state index in [-0.39, 0.29) is 18.2 Å². The summed E-state index contributed by atoms with van der Waals surface area (Å²) in [5.41, 5.74) is 0.0377. The fraction of sp³-hybridized carbons (Fsp3) is 0.467. The van der Waals surface area contributed by atoms with Gasteiger partial charge in [-0.05, 0) is 25.0 Å². The van der Waals surface area contributed by atoms with Crippen LogP contribution in [0.4, 0.5) is 10.1 Å². The minimum atomic E-state index is -1.12. The number of carboxylic acid groups (broad SMARTS) is 1. The number of ether oxygens (including phenoxy) is 1. The van der Waals surface area contributed by atoms with E-state index in [1.165, 1.54) is 18.2 Å². The van der Waals surface area contributed by atoms with Crippen LogP contribution >= 0.6 is 0 Å². The molecule has 0 unspecified atom stereocenters. The van der Waals surface area contributed by atoms with Crippen molar-refractivity contribution in [2.24, 2.45) is 0 Å². The van der Waals surface area contributed by atoms with Gasteiger partial charge in [-0.15, -0.1) is 0 Å². The molecule has 1 aliphatic rings. The molecule has 1 aromatic rings. The number of para-hydroxylation sites is 1. The lowest BCUT2D eigenvalue weighted by atomic mass is 10.1. The first kappa shape index (κ1) is 16.4. The molecule has 1 saturated heterocycles. The van der Waals surface area contributed by atoms with Crippen molar-refractivity contribution >= 4 is 17.6 Å².